The van der Waals surface area contributed by atoms with Gasteiger partial charge in [-0.15, -0.1) is 10.2 Å². The minimum absolute atomic E-state index is 0.140. The lowest BCUT2D eigenvalue weighted by Crippen LogP contribution is -2.28. The van der Waals surface area contributed by atoms with Gasteiger partial charge in [0.05, 0.1) is 12.9 Å². The summed E-state index contributed by atoms with van der Waals surface area (Å²) in [4.78, 5) is 14.9. The molecule has 0 saturated carbocycles. The van der Waals surface area contributed by atoms with Crippen molar-refractivity contribution in [2.24, 2.45) is 0 Å². The third-order valence-corrected chi connectivity index (χ3v) is 6.64. The number of nitrogens with zero attached hydrogens (tertiary/aromatic N) is 4. The average Bonchev–Trinajstić information content (AvgIpc) is 3.34. The number of thioether (sulfide) groups is 1. The summed E-state index contributed by atoms with van der Waals surface area (Å²) in [6.07, 6.45) is 1.66. The van der Waals surface area contributed by atoms with E-state index in [2.05, 4.69) is 60.2 Å². The van der Waals surface area contributed by atoms with Crippen LogP contribution in [0.15, 0.2) is 53.9 Å². The molecular weight excluding hydrogens is 462 g/mol. The van der Waals surface area contributed by atoms with Crippen molar-refractivity contribution in [1.29, 1.82) is 0 Å². The van der Waals surface area contributed by atoms with Gasteiger partial charge in [-0.05, 0) is 48.8 Å². The molecule has 35 heavy (non-hydrogen) atoms. The first-order chi connectivity index (χ1) is 16.9. The van der Waals surface area contributed by atoms with Crippen LogP contribution in [-0.4, -0.2) is 64.7 Å². The van der Waals surface area contributed by atoms with E-state index in [1.807, 2.05) is 16.7 Å². The smallest absolute Gasteiger partial charge is 0.234 e. The maximum Gasteiger partial charge on any atom is 0.234 e. The second-order valence-electron chi connectivity index (χ2n) is 8.31. The molecule has 0 atom stereocenters. The predicted molar refractivity (Wildman–Crippen MR) is 141 cm³/mol. The Morgan fingerprint density at radius 3 is 2.51 bits per heavy atom. The Kier molecular flexibility index (Phi) is 9.98. The zero-order valence-electron chi connectivity index (χ0n) is 21.2. The fourth-order valence-corrected chi connectivity index (χ4v) is 4.27. The lowest BCUT2D eigenvalue weighted by atomic mass is 10.0. The molecule has 0 fully saturated rings. The molecule has 0 radical (unpaired) electrons. The molecule has 188 valence electrons. The topological polar surface area (TPSA) is 81.5 Å². The first kappa shape index (κ1) is 26.6. The number of carbonyl (C=O) groups excluding carboxylic acids is 1. The average molecular weight is 498 g/mol. The summed E-state index contributed by atoms with van der Waals surface area (Å²) < 4.78 is 13.2. The molecule has 0 bridgehead atoms. The third kappa shape index (κ3) is 7.47. The van der Waals surface area contributed by atoms with Crippen molar-refractivity contribution < 1.29 is 14.3 Å². The maximum atomic E-state index is 12.7. The van der Waals surface area contributed by atoms with Crippen molar-refractivity contribution in [3.05, 3.63) is 54.4 Å². The Hall–Kier alpha value is -3.04. The highest BCUT2D eigenvalue weighted by molar-refractivity contribution is 7.99. The van der Waals surface area contributed by atoms with Gasteiger partial charge in [0, 0.05) is 24.0 Å². The van der Waals surface area contributed by atoms with E-state index in [1.165, 1.54) is 17.3 Å². The van der Waals surface area contributed by atoms with Crippen LogP contribution in [0, 0.1) is 0 Å². The van der Waals surface area contributed by atoms with Gasteiger partial charge >= 0.3 is 0 Å². The molecule has 0 aliphatic heterocycles. The highest BCUT2D eigenvalue weighted by Gasteiger charge is 2.13. The van der Waals surface area contributed by atoms with Crippen molar-refractivity contribution in [1.82, 2.24) is 19.7 Å². The van der Waals surface area contributed by atoms with E-state index in [-0.39, 0.29) is 11.7 Å². The van der Waals surface area contributed by atoms with Gasteiger partial charge in [-0.2, -0.15) is 0 Å². The Balaban J connectivity index is 1.59. The van der Waals surface area contributed by atoms with Gasteiger partial charge in [0.1, 0.15) is 12.9 Å². The zero-order valence-corrected chi connectivity index (χ0v) is 22.0. The Labute approximate surface area is 212 Å². The van der Waals surface area contributed by atoms with Gasteiger partial charge < -0.3 is 19.7 Å². The molecule has 8 nitrogen and oxygen atoms in total. The molecule has 2 aromatic carbocycles. The number of anilines is 1. The number of nitrogens with one attached hydrogen (secondary N) is 1. The summed E-state index contributed by atoms with van der Waals surface area (Å²) in [5.74, 6) is 1.77. The SMILES string of the molecule is CCN(CC)CCOc1cc(NC(=O)CSc2nncn2-c2ccc(C(C)C)cc2)ccc1OC. The van der Waals surface area contributed by atoms with E-state index in [1.54, 1.807) is 31.6 Å². The first-order valence-electron chi connectivity index (χ1n) is 11.9. The van der Waals surface area contributed by atoms with E-state index in [4.69, 9.17) is 9.47 Å². The Morgan fingerprint density at radius 1 is 1.11 bits per heavy atom. The fourth-order valence-electron chi connectivity index (χ4n) is 3.54. The van der Waals surface area contributed by atoms with Gasteiger partial charge in [-0.1, -0.05) is 51.6 Å². The van der Waals surface area contributed by atoms with E-state index in [9.17, 15) is 4.79 Å². The first-order valence-corrected chi connectivity index (χ1v) is 12.9. The highest BCUT2D eigenvalue weighted by atomic mass is 32.2. The molecule has 3 aromatic rings. The van der Waals surface area contributed by atoms with Crippen LogP contribution < -0.4 is 14.8 Å². The number of carbonyl (C=O) groups is 1. The number of aromatic nitrogens is 3. The number of hydrogen-bond donors (Lipinski definition) is 1. The van der Waals surface area contributed by atoms with Crippen molar-refractivity contribution in [2.75, 3.05) is 44.4 Å². The number of likely N-dealkylation sites (N-methyl/N-ethyl adjacent to an activating group) is 1. The summed E-state index contributed by atoms with van der Waals surface area (Å²) in [6.45, 7) is 11.9. The van der Waals surface area contributed by atoms with Crippen molar-refractivity contribution in [3.63, 3.8) is 0 Å². The lowest BCUT2D eigenvalue weighted by molar-refractivity contribution is -0.113. The molecule has 0 spiro atoms. The van der Waals surface area contributed by atoms with Crippen LogP contribution >= 0.6 is 11.8 Å². The van der Waals surface area contributed by atoms with Crippen LogP contribution in [0.4, 0.5) is 5.69 Å². The summed E-state index contributed by atoms with van der Waals surface area (Å²) in [7, 11) is 1.61. The van der Waals surface area contributed by atoms with Crippen LogP contribution in [0.2, 0.25) is 0 Å². The summed E-state index contributed by atoms with van der Waals surface area (Å²) in [5.41, 5.74) is 2.88. The minimum Gasteiger partial charge on any atom is -0.493 e. The summed E-state index contributed by atoms with van der Waals surface area (Å²) in [6, 6.07) is 13.7. The molecule has 1 N–H and O–H groups in total. The van der Waals surface area contributed by atoms with Crippen molar-refractivity contribution in [2.45, 2.75) is 38.8 Å². The quantitative estimate of drug-likeness (QED) is 0.338. The number of hydrogen-bond acceptors (Lipinski definition) is 7. The standard InChI is InChI=1S/C26H35N5O3S/c1-6-30(7-2)14-15-34-24-16-21(10-13-23(24)33-5)28-25(32)17-35-26-29-27-18-31(26)22-11-8-20(9-12-22)19(3)4/h8-13,16,18-19H,6-7,14-15,17H2,1-5H3,(H,28,32). The predicted octanol–water partition coefficient (Wildman–Crippen LogP) is 4.85. The summed E-state index contributed by atoms with van der Waals surface area (Å²) >= 11 is 1.34. The molecule has 0 aliphatic carbocycles. The molecule has 0 aliphatic rings. The molecule has 1 amide bonds. The van der Waals surface area contributed by atoms with Crippen LogP contribution in [0.1, 0.15) is 39.2 Å². The van der Waals surface area contributed by atoms with Gasteiger partial charge in [-0.25, -0.2) is 0 Å². The van der Waals surface area contributed by atoms with Crippen LogP contribution in [0.3, 0.4) is 0 Å². The van der Waals surface area contributed by atoms with Crippen molar-refractivity contribution in [3.8, 4) is 17.2 Å². The molecular formula is C26H35N5O3S. The van der Waals surface area contributed by atoms with Crippen LogP contribution in [0.5, 0.6) is 11.5 Å². The van der Waals surface area contributed by atoms with Gasteiger partial charge in [0.25, 0.3) is 0 Å². The van der Waals surface area contributed by atoms with Crippen molar-refractivity contribution >= 4 is 23.4 Å². The number of methoxy groups -OCH3 is 1. The molecule has 9 heteroatoms. The Morgan fingerprint density at radius 2 is 1.86 bits per heavy atom. The third-order valence-electron chi connectivity index (χ3n) is 5.69. The van der Waals surface area contributed by atoms with Gasteiger partial charge in [0.15, 0.2) is 16.7 Å². The maximum absolute atomic E-state index is 12.7. The molecule has 1 aromatic heterocycles. The van der Waals surface area contributed by atoms with E-state index >= 15 is 0 Å². The largest absolute Gasteiger partial charge is 0.493 e. The summed E-state index contributed by atoms with van der Waals surface area (Å²) in [5, 5.41) is 11.8. The number of benzene rings is 2. The van der Waals surface area contributed by atoms with E-state index in [0.29, 0.717) is 34.9 Å². The highest BCUT2D eigenvalue weighted by Crippen LogP contribution is 2.30. The minimum atomic E-state index is -0.140. The van der Waals surface area contributed by atoms with Gasteiger partial charge in [-0.3, -0.25) is 9.36 Å². The molecule has 1 heterocycles. The number of rotatable bonds is 13. The second-order valence-corrected chi connectivity index (χ2v) is 9.25. The molecule has 3 rings (SSSR count). The Bertz CT molecular complexity index is 1080. The van der Waals surface area contributed by atoms with E-state index in [0.717, 1.165) is 25.3 Å². The van der Waals surface area contributed by atoms with Crippen LogP contribution in [0.25, 0.3) is 5.69 Å². The number of ether oxygens (including phenoxy) is 2. The normalized spacial score (nSPS) is 11.2. The molecule has 0 unspecified atom stereocenters. The number of amides is 1. The lowest BCUT2D eigenvalue weighted by Gasteiger charge is -2.19. The van der Waals surface area contributed by atoms with Crippen LogP contribution in [-0.2, 0) is 4.79 Å². The monoisotopic (exact) mass is 497 g/mol. The second kappa shape index (κ2) is 13.2. The zero-order chi connectivity index (χ0) is 25.2. The fraction of sp³-hybridized carbons (Fsp3) is 0.423. The van der Waals surface area contributed by atoms with Gasteiger partial charge in [0.2, 0.25) is 5.91 Å². The molecule has 0 saturated heterocycles. The van der Waals surface area contributed by atoms with E-state index < -0.39 is 0 Å².